The smallest absolute Gasteiger partial charge is 0.348 e. The number of amides is 1. The predicted octanol–water partition coefficient (Wildman–Crippen LogP) is 3.66. The second-order valence-corrected chi connectivity index (χ2v) is 6.68. The molecule has 1 aromatic carbocycles. The van der Waals surface area contributed by atoms with Crippen LogP contribution >= 0.6 is 0 Å². The van der Waals surface area contributed by atoms with Crippen LogP contribution in [-0.4, -0.2) is 25.2 Å². The zero-order valence-corrected chi connectivity index (χ0v) is 15.4. The fraction of sp³-hybridized carbons (Fsp3) is 0.316. The van der Waals surface area contributed by atoms with E-state index in [9.17, 15) is 18.0 Å². The molecule has 0 aliphatic carbocycles. The molecule has 6 nitrogen and oxygen atoms in total. The van der Waals surface area contributed by atoms with Gasteiger partial charge < -0.3 is 9.88 Å². The van der Waals surface area contributed by atoms with Crippen LogP contribution in [0.5, 0.6) is 0 Å². The molecule has 0 saturated carbocycles. The van der Waals surface area contributed by atoms with Gasteiger partial charge in [-0.3, -0.25) is 9.48 Å². The Bertz CT molecular complexity index is 945. The topological polar surface area (TPSA) is 64.7 Å². The van der Waals surface area contributed by atoms with Crippen molar-refractivity contribution in [3.63, 3.8) is 0 Å². The molecule has 1 N–H and O–H groups in total. The Morgan fingerprint density at radius 1 is 1.25 bits per heavy atom. The van der Waals surface area contributed by atoms with Crippen LogP contribution in [0.4, 0.5) is 13.2 Å². The van der Waals surface area contributed by atoms with E-state index in [1.54, 1.807) is 32.4 Å². The Hall–Kier alpha value is -3.10. The van der Waals surface area contributed by atoms with Crippen LogP contribution < -0.4 is 5.32 Å². The van der Waals surface area contributed by atoms with Gasteiger partial charge in [0.15, 0.2) is 5.69 Å². The van der Waals surface area contributed by atoms with E-state index in [0.717, 1.165) is 22.0 Å². The van der Waals surface area contributed by atoms with Crippen LogP contribution in [-0.2, 0) is 19.3 Å². The van der Waals surface area contributed by atoms with Crippen LogP contribution in [0.15, 0.2) is 49.2 Å². The van der Waals surface area contributed by atoms with Gasteiger partial charge in [0.1, 0.15) is 0 Å². The van der Waals surface area contributed by atoms with E-state index in [4.69, 9.17) is 0 Å². The van der Waals surface area contributed by atoms with Gasteiger partial charge in [0.2, 0.25) is 0 Å². The number of imidazole rings is 1. The Morgan fingerprint density at radius 3 is 2.64 bits per heavy atom. The van der Waals surface area contributed by atoms with Crippen LogP contribution in [0.25, 0.3) is 0 Å². The number of nitrogens with zero attached hydrogens (tertiary/aromatic N) is 4. The molecular weight excluding hydrogens is 371 g/mol. The largest absolute Gasteiger partial charge is 0.433 e. The third-order valence-electron chi connectivity index (χ3n) is 4.17. The van der Waals surface area contributed by atoms with Gasteiger partial charge in [-0.05, 0) is 25.0 Å². The second kappa shape index (κ2) is 7.87. The summed E-state index contributed by atoms with van der Waals surface area (Å²) in [6.45, 7) is 3.88. The van der Waals surface area contributed by atoms with Crippen molar-refractivity contribution in [3.05, 3.63) is 71.6 Å². The Balaban J connectivity index is 1.73. The minimum atomic E-state index is -4.67. The lowest BCUT2D eigenvalue weighted by molar-refractivity contribution is -0.145. The molecule has 0 atom stereocenters. The average Bonchev–Trinajstić information content (AvgIpc) is 3.29. The molecule has 3 aromatic rings. The molecule has 0 aliphatic rings. The number of benzene rings is 1. The molecule has 0 unspecified atom stereocenters. The first-order valence-electron chi connectivity index (χ1n) is 8.72. The number of carbonyl (C=O) groups is 1. The second-order valence-electron chi connectivity index (χ2n) is 6.68. The lowest BCUT2D eigenvalue weighted by Crippen LogP contribution is -2.27. The van der Waals surface area contributed by atoms with E-state index in [1.807, 2.05) is 29.0 Å². The molecule has 1 amide bonds. The molecule has 0 saturated heterocycles. The lowest BCUT2D eigenvalue weighted by atomic mass is 10.1. The monoisotopic (exact) mass is 391 g/mol. The SMILES string of the molecule is CC(C)n1ncc(C(=O)NCc2cccc(Cn3ccnc3)c2)c1C(F)(F)F. The molecule has 148 valence electrons. The molecule has 0 bridgehead atoms. The number of alkyl halides is 3. The number of aromatic nitrogens is 4. The zero-order chi connectivity index (χ0) is 20.3. The van der Waals surface area contributed by atoms with E-state index in [1.165, 1.54) is 0 Å². The first-order valence-corrected chi connectivity index (χ1v) is 8.72. The minimum absolute atomic E-state index is 0.112. The van der Waals surface area contributed by atoms with Crippen molar-refractivity contribution in [3.8, 4) is 0 Å². The van der Waals surface area contributed by atoms with E-state index >= 15 is 0 Å². The summed E-state index contributed by atoms with van der Waals surface area (Å²) in [4.78, 5) is 16.4. The van der Waals surface area contributed by atoms with Gasteiger partial charge in [-0.2, -0.15) is 18.3 Å². The maximum absolute atomic E-state index is 13.4. The number of nitrogens with one attached hydrogen (secondary N) is 1. The van der Waals surface area contributed by atoms with Crippen molar-refractivity contribution in [2.24, 2.45) is 0 Å². The highest BCUT2D eigenvalue weighted by molar-refractivity contribution is 5.95. The molecule has 28 heavy (non-hydrogen) atoms. The van der Waals surface area contributed by atoms with Crippen molar-refractivity contribution in [2.75, 3.05) is 0 Å². The van der Waals surface area contributed by atoms with Gasteiger partial charge in [-0.25, -0.2) is 4.98 Å². The van der Waals surface area contributed by atoms with Gasteiger partial charge in [-0.15, -0.1) is 0 Å². The molecule has 0 spiro atoms. The highest BCUT2D eigenvalue weighted by Gasteiger charge is 2.40. The first kappa shape index (κ1) is 19.7. The highest BCUT2D eigenvalue weighted by atomic mass is 19.4. The Kier molecular flexibility index (Phi) is 5.53. The number of halogens is 3. The van der Waals surface area contributed by atoms with E-state index < -0.39 is 29.4 Å². The molecular formula is C19H20F3N5O. The first-order chi connectivity index (χ1) is 13.3. The predicted molar refractivity (Wildman–Crippen MR) is 96.6 cm³/mol. The van der Waals surface area contributed by atoms with E-state index in [2.05, 4.69) is 15.4 Å². The minimum Gasteiger partial charge on any atom is -0.348 e. The van der Waals surface area contributed by atoms with Crippen molar-refractivity contribution < 1.29 is 18.0 Å². The highest BCUT2D eigenvalue weighted by Crippen LogP contribution is 2.33. The van der Waals surface area contributed by atoms with Gasteiger partial charge in [0.25, 0.3) is 5.91 Å². The summed E-state index contributed by atoms with van der Waals surface area (Å²) >= 11 is 0. The molecule has 2 heterocycles. The molecule has 9 heteroatoms. The van der Waals surface area contributed by atoms with Crippen molar-refractivity contribution in [1.82, 2.24) is 24.6 Å². The van der Waals surface area contributed by atoms with Crippen LogP contribution in [0.2, 0.25) is 0 Å². The number of hydrogen-bond donors (Lipinski definition) is 1. The standard InChI is InChI=1S/C19H20F3N5O/c1-13(2)27-17(19(20,21)22)16(10-25-27)18(28)24-9-14-4-3-5-15(8-14)11-26-7-6-23-12-26/h3-8,10,12-13H,9,11H2,1-2H3,(H,24,28). The van der Waals surface area contributed by atoms with Crippen LogP contribution in [0.1, 0.15) is 47.1 Å². The summed E-state index contributed by atoms with van der Waals surface area (Å²) in [5.41, 5.74) is 0.272. The third-order valence-corrected chi connectivity index (χ3v) is 4.17. The average molecular weight is 391 g/mol. The van der Waals surface area contributed by atoms with E-state index in [0.29, 0.717) is 6.54 Å². The molecule has 0 fully saturated rings. The van der Waals surface area contributed by atoms with Gasteiger partial charge >= 0.3 is 6.18 Å². The summed E-state index contributed by atoms with van der Waals surface area (Å²) < 4.78 is 42.9. The normalized spacial score (nSPS) is 11.8. The quantitative estimate of drug-likeness (QED) is 0.698. The van der Waals surface area contributed by atoms with Gasteiger partial charge in [-0.1, -0.05) is 24.3 Å². The van der Waals surface area contributed by atoms with Gasteiger partial charge in [0, 0.05) is 31.5 Å². The van der Waals surface area contributed by atoms with Crippen LogP contribution in [0.3, 0.4) is 0 Å². The van der Waals surface area contributed by atoms with Gasteiger partial charge in [0.05, 0.1) is 18.1 Å². The molecule has 2 aromatic heterocycles. The van der Waals surface area contributed by atoms with Crippen molar-refractivity contribution in [1.29, 1.82) is 0 Å². The zero-order valence-electron chi connectivity index (χ0n) is 15.4. The third kappa shape index (κ3) is 4.41. The summed E-state index contributed by atoms with van der Waals surface area (Å²) in [6, 6.07) is 6.95. The number of rotatable bonds is 6. The summed E-state index contributed by atoms with van der Waals surface area (Å²) in [5.74, 6) is -0.806. The fourth-order valence-corrected chi connectivity index (χ4v) is 2.91. The fourth-order valence-electron chi connectivity index (χ4n) is 2.91. The van der Waals surface area contributed by atoms with Crippen molar-refractivity contribution in [2.45, 2.75) is 39.2 Å². The molecule has 0 radical (unpaired) electrons. The Labute approximate surface area is 160 Å². The lowest BCUT2D eigenvalue weighted by Gasteiger charge is -2.15. The maximum Gasteiger partial charge on any atom is 0.433 e. The molecule has 0 aliphatic heterocycles. The number of carbonyl (C=O) groups excluding carboxylic acids is 1. The molecule has 3 rings (SSSR count). The van der Waals surface area contributed by atoms with Crippen LogP contribution in [0, 0.1) is 0 Å². The summed E-state index contributed by atoms with van der Waals surface area (Å²) in [5, 5.41) is 6.30. The maximum atomic E-state index is 13.4. The van der Waals surface area contributed by atoms with E-state index in [-0.39, 0.29) is 6.54 Å². The summed E-state index contributed by atoms with van der Waals surface area (Å²) in [6.07, 6.45) is 1.50. The Morgan fingerprint density at radius 2 is 2.00 bits per heavy atom. The number of hydrogen-bond acceptors (Lipinski definition) is 3. The summed E-state index contributed by atoms with van der Waals surface area (Å²) in [7, 11) is 0. The van der Waals surface area contributed by atoms with Crippen molar-refractivity contribution >= 4 is 5.91 Å².